The first-order valence-corrected chi connectivity index (χ1v) is 7.51. The summed E-state index contributed by atoms with van der Waals surface area (Å²) in [4.78, 5) is 2.09. The van der Waals surface area contributed by atoms with E-state index in [0.717, 1.165) is 22.5 Å². The normalized spacial score (nSPS) is 10.4. The van der Waals surface area contributed by atoms with E-state index in [1.54, 1.807) is 6.07 Å². The third-order valence-corrected chi connectivity index (χ3v) is 3.91. The van der Waals surface area contributed by atoms with Crippen LogP contribution in [0.4, 0.5) is 11.4 Å². The zero-order chi connectivity index (χ0) is 16.2. The van der Waals surface area contributed by atoms with Gasteiger partial charge in [0.15, 0.2) is 0 Å². The molecule has 0 aliphatic rings. The molecule has 0 aromatic heterocycles. The fraction of sp³-hybridized carbons (Fsp3) is 0.0526. The summed E-state index contributed by atoms with van der Waals surface area (Å²) in [6, 6.07) is 25.5. The molecule has 2 N–H and O–H groups in total. The van der Waals surface area contributed by atoms with Crippen molar-refractivity contribution in [1.82, 2.24) is 0 Å². The summed E-state index contributed by atoms with van der Waals surface area (Å²) in [5.74, 6) is 0. The van der Waals surface area contributed by atoms with Gasteiger partial charge in [0, 0.05) is 24.0 Å². The lowest BCUT2D eigenvalue weighted by Gasteiger charge is -2.23. The molecule has 0 unspecified atom stereocenters. The topological polar surface area (TPSA) is 43.7 Å². The lowest BCUT2D eigenvalue weighted by Crippen LogP contribution is -2.30. The van der Waals surface area contributed by atoms with Crippen molar-refractivity contribution < 1.29 is 10.0 Å². The second-order valence-electron chi connectivity index (χ2n) is 5.41. The van der Waals surface area contributed by atoms with Gasteiger partial charge >= 0.3 is 7.12 Å². The first-order chi connectivity index (χ1) is 11.2. The van der Waals surface area contributed by atoms with Crippen LogP contribution in [0, 0.1) is 0 Å². The van der Waals surface area contributed by atoms with E-state index in [2.05, 4.69) is 4.90 Å². The van der Waals surface area contributed by atoms with Crippen LogP contribution in [0.3, 0.4) is 0 Å². The zero-order valence-corrected chi connectivity index (χ0v) is 12.9. The van der Waals surface area contributed by atoms with Gasteiger partial charge in [-0.25, -0.2) is 0 Å². The third kappa shape index (κ3) is 3.28. The molecule has 4 heteroatoms. The van der Waals surface area contributed by atoms with Crippen molar-refractivity contribution in [1.29, 1.82) is 0 Å². The summed E-state index contributed by atoms with van der Waals surface area (Å²) in [6.07, 6.45) is 0. The van der Waals surface area contributed by atoms with Crippen LogP contribution in [-0.4, -0.2) is 24.2 Å². The van der Waals surface area contributed by atoms with Crippen molar-refractivity contribution in [3.05, 3.63) is 78.9 Å². The molecule has 3 nitrogen and oxygen atoms in total. The van der Waals surface area contributed by atoms with Crippen molar-refractivity contribution >= 4 is 24.0 Å². The molecule has 0 atom stereocenters. The molecule has 0 saturated carbocycles. The Balaban J connectivity index is 2.13. The fourth-order valence-corrected chi connectivity index (χ4v) is 2.65. The Kier molecular flexibility index (Phi) is 4.46. The second kappa shape index (κ2) is 6.69. The molecule has 0 fully saturated rings. The summed E-state index contributed by atoms with van der Waals surface area (Å²) in [5.41, 5.74) is 4.55. The van der Waals surface area contributed by atoms with E-state index in [1.165, 1.54) is 0 Å². The van der Waals surface area contributed by atoms with E-state index >= 15 is 0 Å². The average molecular weight is 303 g/mol. The zero-order valence-electron chi connectivity index (χ0n) is 12.9. The van der Waals surface area contributed by atoms with Gasteiger partial charge in [0.2, 0.25) is 0 Å². The number of benzene rings is 3. The van der Waals surface area contributed by atoms with Gasteiger partial charge in [-0.05, 0) is 29.2 Å². The Morgan fingerprint density at radius 2 is 1.39 bits per heavy atom. The second-order valence-corrected chi connectivity index (χ2v) is 5.41. The lowest BCUT2D eigenvalue weighted by atomic mass is 9.78. The average Bonchev–Trinajstić information content (AvgIpc) is 2.62. The minimum atomic E-state index is -1.48. The number of nitrogens with zero attached hydrogens (tertiary/aromatic N) is 1. The van der Waals surface area contributed by atoms with Gasteiger partial charge in [0.25, 0.3) is 0 Å². The van der Waals surface area contributed by atoms with Crippen LogP contribution in [0.2, 0.25) is 0 Å². The number of rotatable bonds is 4. The molecular weight excluding hydrogens is 285 g/mol. The predicted octanol–water partition coefficient (Wildman–Crippen LogP) is 2.80. The quantitative estimate of drug-likeness (QED) is 0.728. The summed E-state index contributed by atoms with van der Waals surface area (Å²) < 4.78 is 0. The Morgan fingerprint density at radius 1 is 0.783 bits per heavy atom. The van der Waals surface area contributed by atoms with Gasteiger partial charge in [0.05, 0.1) is 0 Å². The first kappa shape index (κ1) is 15.3. The SMILES string of the molecule is CN(c1ccccc1)c1ccc(B(O)O)cc1-c1ccccc1. The van der Waals surface area contributed by atoms with Crippen molar-refractivity contribution in [3.8, 4) is 11.1 Å². The summed E-state index contributed by atoms with van der Waals surface area (Å²) >= 11 is 0. The summed E-state index contributed by atoms with van der Waals surface area (Å²) in [7, 11) is 0.528. The largest absolute Gasteiger partial charge is 0.488 e. The van der Waals surface area contributed by atoms with E-state index in [9.17, 15) is 10.0 Å². The Labute approximate surface area is 136 Å². The monoisotopic (exact) mass is 303 g/mol. The maximum atomic E-state index is 9.48. The van der Waals surface area contributed by atoms with Gasteiger partial charge in [-0.1, -0.05) is 60.7 Å². The molecule has 3 aromatic carbocycles. The fourth-order valence-electron chi connectivity index (χ4n) is 2.65. The van der Waals surface area contributed by atoms with Crippen LogP contribution in [0.15, 0.2) is 78.9 Å². The van der Waals surface area contributed by atoms with Crippen molar-refractivity contribution in [2.45, 2.75) is 0 Å². The van der Waals surface area contributed by atoms with Gasteiger partial charge in [-0.3, -0.25) is 0 Å². The van der Waals surface area contributed by atoms with E-state index in [1.807, 2.05) is 79.8 Å². The standard InChI is InChI=1S/C19H18BNO2/c1-21(17-10-6-3-7-11-17)19-13-12-16(20(22)23)14-18(19)15-8-4-2-5-9-15/h2-14,22-23H,1H3. The highest BCUT2D eigenvalue weighted by molar-refractivity contribution is 6.58. The van der Waals surface area contributed by atoms with Crippen molar-refractivity contribution in [2.24, 2.45) is 0 Å². The van der Waals surface area contributed by atoms with Crippen molar-refractivity contribution in [3.63, 3.8) is 0 Å². The molecule has 0 spiro atoms. The minimum absolute atomic E-state index is 0.481. The van der Waals surface area contributed by atoms with Gasteiger partial charge < -0.3 is 14.9 Å². The molecule has 3 aromatic rings. The number of hydrogen-bond donors (Lipinski definition) is 2. The maximum Gasteiger partial charge on any atom is 0.488 e. The molecule has 0 amide bonds. The molecule has 23 heavy (non-hydrogen) atoms. The molecule has 0 heterocycles. The van der Waals surface area contributed by atoms with Gasteiger partial charge in [-0.2, -0.15) is 0 Å². The van der Waals surface area contributed by atoms with Crippen LogP contribution in [0.1, 0.15) is 0 Å². The first-order valence-electron chi connectivity index (χ1n) is 7.51. The predicted molar refractivity (Wildman–Crippen MR) is 96.2 cm³/mol. The van der Waals surface area contributed by atoms with E-state index in [0.29, 0.717) is 5.46 Å². The lowest BCUT2D eigenvalue weighted by molar-refractivity contribution is 0.426. The third-order valence-electron chi connectivity index (χ3n) is 3.91. The summed E-state index contributed by atoms with van der Waals surface area (Å²) in [6.45, 7) is 0. The molecule has 0 aliphatic heterocycles. The Morgan fingerprint density at radius 3 is 2.00 bits per heavy atom. The number of para-hydroxylation sites is 1. The Bertz CT molecular complexity index is 776. The molecule has 3 rings (SSSR count). The van der Waals surface area contributed by atoms with Crippen LogP contribution in [-0.2, 0) is 0 Å². The molecule has 0 saturated heterocycles. The van der Waals surface area contributed by atoms with E-state index in [-0.39, 0.29) is 0 Å². The van der Waals surface area contributed by atoms with E-state index in [4.69, 9.17) is 0 Å². The molecule has 0 aliphatic carbocycles. The maximum absolute atomic E-state index is 9.48. The molecule has 114 valence electrons. The molecule has 0 bridgehead atoms. The molecule has 0 radical (unpaired) electrons. The Hall–Kier alpha value is -2.56. The van der Waals surface area contributed by atoms with Crippen molar-refractivity contribution in [2.75, 3.05) is 11.9 Å². The minimum Gasteiger partial charge on any atom is -0.423 e. The van der Waals surface area contributed by atoms with Crippen LogP contribution >= 0.6 is 0 Å². The van der Waals surface area contributed by atoms with Crippen LogP contribution in [0.25, 0.3) is 11.1 Å². The molecular formula is C19H18BNO2. The smallest absolute Gasteiger partial charge is 0.423 e. The van der Waals surface area contributed by atoms with Gasteiger partial charge in [-0.15, -0.1) is 0 Å². The highest BCUT2D eigenvalue weighted by Crippen LogP contribution is 2.33. The van der Waals surface area contributed by atoms with Crippen LogP contribution < -0.4 is 10.4 Å². The highest BCUT2D eigenvalue weighted by atomic mass is 16.4. The number of anilines is 2. The van der Waals surface area contributed by atoms with E-state index < -0.39 is 7.12 Å². The summed E-state index contributed by atoms with van der Waals surface area (Å²) in [5, 5.41) is 19.0. The van der Waals surface area contributed by atoms with Crippen LogP contribution in [0.5, 0.6) is 0 Å². The van der Waals surface area contributed by atoms with Gasteiger partial charge in [0.1, 0.15) is 0 Å². The highest BCUT2D eigenvalue weighted by Gasteiger charge is 2.16. The number of hydrogen-bond acceptors (Lipinski definition) is 3.